The molecule has 0 heterocycles. The fourth-order valence-electron chi connectivity index (χ4n) is 0.843. The van der Waals surface area contributed by atoms with Gasteiger partial charge < -0.3 is 14.8 Å². The molecule has 0 aliphatic carbocycles. The second-order valence-electron chi connectivity index (χ2n) is 2.36. The average molecular weight is 206 g/mol. The number of hydrogen-bond acceptors (Lipinski definition) is 4. The van der Waals surface area contributed by atoms with Gasteiger partial charge in [-0.2, -0.15) is 0 Å². The van der Waals surface area contributed by atoms with Gasteiger partial charge in [0.15, 0.2) is 6.29 Å². The standard InChI is InChI=1S/C8H18N2O4/c1-4-13-7(14-5-2)6-9-8(11)10-12-3/h7H,4-6H2,1-3H3,(H2,9,10,11). The molecule has 0 aromatic heterocycles. The molecule has 6 nitrogen and oxygen atoms in total. The van der Waals surface area contributed by atoms with Crippen LogP contribution in [0.15, 0.2) is 0 Å². The lowest BCUT2D eigenvalue weighted by Gasteiger charge is -2.17. The minimum Gasteiger partial charge on any atom is -0.351 e. The smallest absolute Gasteiger partial charge is 0.338 e. The van der Waals surface area contributed by atoms with Crippen LogP contribution in [0.25, 0.3) is 0 Å². The Balaban J connectivity index is 3.63. The first-order chi connectivity index (χ1) is 6.74. The molecule has 0 aromatic rings. The van der Waals surface area contributed by atoms with Crippen molar-refractivity contribution in [3.05, 3.63) is 0 Å². The van der Waals surface area contributed by atoms with Crippen molar-refractivity contribution in [2.24, 2.45) is 0 Å². The molecule has 2 amide bonds. The summed E-state index contributed by atoms with van der Waals surface area (Å²) in [5.41, 5.74) is 2.12. The maximum atomic E-state index is 10.9. The number of hydrogen-bond donors (Lipinski definition) is 2. The number of nitrogens with one attached hydrogen (secondary N) is 2. The molecule has 14 heavy (non-hydrogen) atoms. The fraction of sp³-hybridized carbons (Fsp3) is 0.875. The molecule has 0 radical (unpaired) electrons. The summed E-state index contributed by atoms with van der Waals surface area (Å²) in [6, 6.07) is -0.420. The lowest BCUT2D eigenvalue weighted by Crippen LogP contribution is -2.40. The first-order valence-corrected chi connectivity index (χ1v) is 4.54. The number of rotatable bonds is 7. The first kappa shape index (κ1) is 13.2. The number of carbonyl (C=O) groups is 1. The molecule has 0 saturated carbocycles. The molecule has 6 heteroatoms. The number of hydroxylamine groups is 1. The van der Waals surface area contributed by atoms with E-state index >= 15 is 0 Å². The van der Waals surface area contributed by atoms with Gasteiger partial charge in [0.2, 0.25) is 0 Å². The van der Waals surface area contributed by atoms with Crippen LogP contribution in [0.2, 0.25) is 0 Å². The molecule has 0 unspecified atom stereocenters. The van der Waals surface area contributed by atoms with Crippen molar-refractivity contribution in [1.82, 2.24) is 10.8 Å². The summed E-state index contributed by atoms with van der Waals surface area (Å²) >= 11 is 0. The Morgan fingerprint density at radius 1 is 1.29 bits per heavy atom. The van der Waals surface area contributed by atoms with Crippen molar-refractivity contribution >= 4 is 6.03 Å². The van der Waals surface area contributed by atoms with Crippen LogP contribution in [0.5, 0.6) is 0 Å². The highest BCUT2D eigenvalue weighted by Crippen LogP contribution is 1.92. The molecule has 0 rings (SSSR count). The molecule has 0 aromatic carbocycles. The molecule has 0 spiro atoms. The van der Waals surface area contributed by atoms with E-state index in [1.165, 1.54) is 7.11 Å². The van der Waals surface area contributed by atoms with Crippen LogP contribution in [0.1, 0.15) is 13.8 Å². The van der Waals surface area contributed by atoms with Crippen LogP contribution in [0.3, 0.4) is 0 Å². The third-order valence-electron chi connectivity index (χ3n) is 1.33. The highest BCUT2D eigenvalue weighted by molar-refractivity contribution is 5.72. The van der Waals surface area contributed by atoms with Crippen molar-refractivity contribution in [3.8, 4) is 0 Å². The third kappa shape index (κ3) is 6.64. The zero-order chi connectivity index (χ0) is 10.8. The van der Waals surface area contributed by atoms with Crippen LogP contribution in [0, 0.1) is 0 Å². The molecular weight excluding hydrogens is 188 g/mol. The van der Waals surface area contributed by atoms with E-state index in [1.807, 2.05) is 13.8 Å². The summed E-state index contributed by atoms with van der Waals surface area (Å²) in [5.74, 6) is 0. The van der Waals surface area contributed by atoms with Gasteiger partial charge in [-0.3, -0.25) is 4.84 Å². The molecule has 0 atom stereocenters. The molecule has 2 N–H and O–H groups in total. The molecule has 0 fully saturated rings. The summed E-state index contributed by atoms with van der Waals surface area (Å²) < 4.78 is 10.4. The monoisotopic (exact) mass is 206 g/mol. The third-order valence-corrected chi connectivity index (χ3v) is 1.33. The van der Waals surface area contributed by atoms with Crippen LogP contribution in [-0.2, 0) is 14.3 Å². The van der Waals surface area contributed by atoms with Crippen LogP contribution >= 0.6 is 0 Å². The van der Waals surface area contributed by atoms with E-state index in [2.05, 4.69) is 15.6 Å². The van der Waals surface area contributed by atoms with Gasteiger partial charge in [0.1, 0.15) is 0 Å². The maximum Gasteiger partial charge on any atom is 0.338 e. The highest BCUT2D eigenvalue weighted by atomic mass is 16.7. The second kappa shape index (κ2) is 8.74. The van der Waals surface area contributed by atoms with Crippen LogP contribution in [0.4, 0.5) is 4.79 Å². The summed E-state index contributed by atoms with van der Waals surface area (Å²) in [6.45, 7) is 5.09. The zero-order valence-corrected chi connectivity index (χ0v) is 8.83. The van der Waals surface area contributed by atoms with Crippen molar-refractivity contribution in [2.45, 2.75) is 20.1 Å². The Labute approximate surface area is 83.8 Å². The SMILES string of the molecule is CCOC(CNC(=O)NOC)OCC. The molecule has 0 bridgehead atoms. The minimum atomic E-state index is -0.420. The largest absolute Gasteiger partial charge is 0.351 e. The summed E-state index contributed by atoms with van der Waals surface area (Å²) in [4.78, 5) is 15.3. The van der Waals surface area contributed by atoms with E-state index in [0.717, 1.165) is 0 Å². The maximum absolute atomic E-state index is 10.9. The summed E-state index contributed by atoms with van der Waals surface area (Å²) in [6.07, 6.45) is -0.410. The van der Waals surface area contributed by atoms with Crippen molar-refractivity contribution < 1.29 is 19.1 Å². The fourth-order valence-corrected chi connectivity index (χ4v) is 0.843. The predicted octanol–water partition coefficient (Wildman–Crippen LogP) is 0.246. The molecule has 0 aliphatic rings. The topological polar surface area (TPSA) is 68.8 Å². The number of ether oxygens (including phenoxy) is 2. The van der Waals surface area contributed by atoms with Crippen molar-refractivity contribution in [2.75, 3.05) is 26.9 Å². The summed E-state index contributed by atoms with van der Waals surface area (Å²) in [7, 11) is 1.36. The highest BCUT2D eigenvalue weighted by Gasteiger charge is 2.09. The molecule has 84 valence electrons. The van der Waals surface area contributed by atoms with E-state index in [9.17, 15) is 4.79 Å². The lowest BCUT2D eigenvalue weighted by atomic mass is 10.6. The Kier molecular flexibility index (Phi) is 8.20. The normalized spacial score (nSPS) is 10.3. The Morgan fingerprint density at radius 3 is 2.29 bits per heavy atom. The Bertz CT molecular complexity index is 148. The predicted molar refractivity (Wildman–Crippen MR) is 50.6 cm³/mol. The van der Waals surface area contributed by atoms with Gasteiger partial charge in [-0.1, -0.05) is 0 Å². The number of urea groups is 1. The van der Waals surface area contributed by atoms with E-state index < -0.39 is 12.3 Å². The minimum absolute atomic E-state index is 0.289. The van der Waals surface area contributed by atoms with Crippen molar-refractivity contribution in [3.63, 3.8) is 0 Å². The lowest BCUT2D eigenvalue weighted by molar-refractivity contribution is -0.131. The molecule has 0 saturated heterocycles. The van der Waals surface area contributed by atoms with Gasteiger partial charge in [0.05, 0.1) is 13.7 Å². The van der Waals surface area contributed by atoms with Gasteiger partial charge in [-0.05, 0) is 13.8 Å². The van der Waals surface area contributed by atoms with E-state index in [1.54, 1.807) is 0 Å². The van der Waals surface area contributed by atoms with Crippen LogP contribution < -0.4 is 10.8 Å². The van der Waals surface area contributed by atoms with Crippen LogP contribution in [-0.4, -0.2) is 39.2 Å². The number of amides is 2. The van der Waals surface area contributed by atoms with Gasteiger partial charge in [0, 0.05) is 13.2 Å². The number of carbonyl (C=O) groups excluding carboxylic acids is 1. The first-order valence-electron chi connectivity index (χ1n) is 4.54. The van der Waals surface area contributed by atoms with E-state index in [4.69, 9.17) is 9.47 Å². The van der Waals surface area contributed by atoms with Gasteiger partial charge in [0.25, 0.3) is 0 Å². The Hall–Kier alpha value is -0.850. The molecule has 0 aliphatic heterocycles. The van der Waals surface area contributed by atoms with Crippen molar-refractivity contribution in [1.29, 1.82) is 0 Å². The van der Waals surface area contributed by atoms with E-state index in [0.29, 0.717) is 13.2 Å². The second-order valence-corrected chi connectivity index (χ2v) is 2.36. The van der Waals surface area contributed by atoms with E-state index in [-0.39, 0.29) is 6.54 Å². The average Bonchev–Trinajstić information content (AvgIpc) is 2.15. The molecular formula is C8H18N2O4. The van der Waals surface area contributed by atoms with Gasteiger partial charge >= 0.3 is 6.03 Å². The van der Waals surface area contributed by atoms with Gasteiger partial charge in [-0.25, -0.2) is 10.3 Å². The quantitative estimate of drug-likeness (QED) is 0.462. The van der Waals surface area contributed by atoms with Gasteiger partial charge in [-0.15, -0.1) is 0 Å². The Morgan fingerprint density at radius 2 is 1.86 bits per heavy atom. The zero-order valence-electron chi connectivity index (χ0n) is 8.83. The summed E-state index contributed by atoms with van der Waals surface area (Å²) in [5, 5.41) is 2.53.